The fraction of sp³-hybridized carbons (Fsp3) is 0.467. The van der Waals surface area contributed by atoms with Gasteiger partial charge < -0.3 is 15.4 Å². The second-order valence-corrected chi connectivity index (χ2v) is 6.15. The summed E-state index contributed by atoms with van der Waals surface area (Å²) in [6.45, 7) is 6.32. The van der Waals surface area contributed by atoms with Crippen LogP contribution >= 0.6 is 11.3 Å². The smallest absolute Gasteiger partial charge is 0.158 e. The van der Waals surface area contributed by atoms with Gasteiger partial charge in [0.25, 0.3) is 0 Å². The van der Waals surface area contributed by atoms with Gasteiger partial charge in [-0.2, -0.15) is 0 Å². The third kappa shape index (κ3) is 4.99. The van der Waals surface area contributed by atoms with Crippen molar-refractivity contribution in [3.63, 3.8) is 0 Å². The minimum Gasteiger partial charge on any atom is -0.377 e. The van der Waals surface area contributed by atoms with Crippen molar-refractivity contribution in [1.82, 2.24) is 9.97 Å². The first-order chi connectivity index (χ1) is 10.2. The maximum absolute atomic E-state index is 5.13. The summed E-state index contributed by atoms with van der Waals surface area (Å²) < 4.78 is 5.13. The van der Waals surface area contributed by atoms with E-state index in [9.17, 15) is 0 Å². The number of nitrogens with zero attached hydrogens (tertiary/aromatic N) is 2. The molecular weight excluding hydrogens is 284 g/mol. The summed E-state index contributed by atoms with van der Waals surface area (Å²) in [5.74, 6) is 2.34. The van der Waals surface area contributed by atoms with Gasteiger partial charge in [-0.05, 0) is 25.5 Å². The standard InChI is InChI=1S/C15H22N4OS/c1-4-7-16-13-8-14(19-15(18-13)10-20-3)17-9-12-6-5-11(2)21-12/h5-6,8H,4,7,9-10H2,1-3H3,(H2,16,17,18,19). The Kier molecular flexibility index (Phi) is 5.95. The van der Waals surface area contributed by atoms with Gasteiger partial charge in [-0.25, -0.2) is 9.97 Å². The average molecular weight is 306 g/mol. The molecular formula is C15H22N4OS. The van der Waals surface area contributed by atoms with Crippen molar-refractivity contribution < 1.29 is 4.74 Å². The van der Waals surface area contributed by atoms with Crippen LogP contribution < -0.4 is 10.6 Å². The topological polar surface area (TPSA) is 59.1 Å². The van der Waals surface area contributed by atoms with E-state index in [1.54, 1.807) is 18.4 Å². The highest BCUT2D eigenvalue weighted by Crippen LogP contribution is 2.18. The first kappa shape index (κ1) is 15.7. The summed E-state index contributed by atoms with van der Waals surface area (Å²) >= 11 is 1.79. The Labute approximate surface area is 129 Å². The fourth-order valence-corrected chi connectivity index (χ4v) is 2.71. The molecule has 0 atom stereocenters. The summed E-state index contributed by atoms with van der Waals surface area (Å²) in [5.41, 5.74) is 0. The van der Waals surface area contributed by atoms with Crippen LogP contribution in [-0.4, -0.2) is 23.6 Å². The molecule has 0 radical (unpaired) electrons. The zero-order valence-corrected chi connectivity index (χ0v) is 13.6. The lowest BCUT2D eigenvalue weighted by Gasteiger charge is -2.10. The number of thiophene rings is 1. The van der Waals surface area contributed by atoms with E-state index in [0.717, 1.165) is 31.1 Å². The van der Waals surface area contributed by atoms with E-state index in [4.69, 9.17) is 4.74 Å². The highest BCUT2D eigenvalue weighted by molar-refractivity contribution is 7.11. The molecule has 0 saturated carbocycles. The van der Waals surface area contributed by atoms with Crippen molar-refractivity contribution in [1.29, 1.82) is 0 Å². The number of rotatable bonds is 8. The number of ether oxygens (including phenoxy) is 1. The second kappa shape index (κ2) is 7.95. The van der Waals surface area contributed by atoms with E-state index in [0.29, 0.717) is 12.4 Å². The Morgan fingerprint density at radius 1 is 1.19 bits per heavy atom. The number of methoxy groups -OCH3 is 1. The van der Waals surface area contributed by atoms with Gasteiger partial charge in [0.15, 0.2) is 5.82 Å². The van der Waals surface area contributed by atoms with E-state index < -0.39 is 0 Å². The molecule has 0 aliphatic carbocycles. The SMILES string of the molecule is CCCNc1cc(NCc2ccc(C)s2)nc(COC)n1. The Morgan fingerprint density at radius 3 is 2.57 bits per heavy atom. The van der Waals surface area contributed by atoms with Crippen molar-refractivity contribution in [2.24, 2.45) is 0 Å². The van der Waals surface area contributed by atoms with Crippen LogP contribution in [0.15, 0.2) is 18.2 Å². The summed E-state index contributed by atoms with van der Waals surface area (Å²) in [4.78, 5) is 11.5. The van der Waals surface area contributed by atoms with Crippen LogP contribution in [0.2, 0.25) is 0 Å². The highest BCUT2D eigenvalue weighted by atomic mass is 32.1. The maximum Gasteiger partial charge on any atom is 0.158 e. The number of anilines is 2. The van der Waals surface area contributed by atoms with Crippen molar-refractivity contribution in [2.75, 3.05) is 24.3 Å². The molecule has 0 amide bonds. The van der Waals surface area contributed by atoms with Gasteiger partial charge in [-0.3, -0.25) is 0 Å². The summed E-state index contributed by atoms with van der Waals surface area (Å²) in [7, 11) is 1.65. The van der Waals surface area contributed by atoms with Gasteiger partial charge in [-0.15, -0.1) is 11.3 Å². The molecule has 0 saturated heterocycles. The maximum atomic E-state index is 5.13. The van der Waals surface area contributed by atoms with Crippen molar-refractivity contribution in [3.05, 3.63) is 33.8 Å². The Hall–Kier alpha value is -1.66. The zero-order chi connectivity index (χ0) is 15.1. The highest BCUT2D eigenvalue weighted by Gasteiger charge is 2.05. The Balaban J connectivity index is 2.07. The van der Waals surface area contributed by atoms with Crippen LogP contribution in [-0.2, 0) is 17.9 Å². The molecule has 114 valence electrons. The molecule has 0 fully saturated rings. The molecule has 2 aromatic heterocycles. The molecule has 0 aliphatic heterocycles. The van der Waals surface area contributed by atoms with Crippen LogP contribution in [0.3, 0.4) is 0 Å². The molecule has 0 unspecified atom stereocenters. The molecule has 0 aromatic carbocycles. The average Bonchev–Trinajstić information content (AvgIpc) is 2.89. The van der Waals surface area contributed by atoms with Gasteiger partial charge in [0.1, 0.15) is 18.2 Å². The van der Waals surface area contributed by atoms with Crippen LogP contribution in [0.4, 0.5) is 11.6 Å². The lowest BCUT2D eigenvalue weighted by molar-refractivity contribution is 0.178. The van der Waals surface area contributed by atoms with Gasteiger partial charge in [0, 0.05) is 29.5 Å². The summed E-state index contributed by atoms with van der Waals surface area (Å²) in [6.07, 6.45) is 1.06. The predicted octanol–water partition coefficient (Wildman–Crippen LogP) is 3.43. The summed E-state index contributed by atoms with van der Waals surface area (Å²) in [5, 5.41) is 6.65. The molecule has 0 bridgehead atoms. The van der Waals surface area contributed by atoms with Gasteiger partial charge in [-0.1, -0.05) is 6.92 Å². The third-order valence-corrected chi connectivity index (χ3v) is 3.84. The number of hydrogen-bond donors (Lipinski definition) is 2. The minimum absolute atomic E-state index is 0.411. The third-order valence-electron chi connectivity index (χ3n) is 2.84. The molecule has 6 heteroatoms. The second-order valence-electron chi connectivity index (χ2n) is 4.78. The van der Waals surface area contributed by atoms with E-state index in [-0.39, 0.29) is 0 Å². The predicted molar refractivity (Wildman–Crippen MR) is 87.9 cm³/mol. The molecule has 2 aromatic rings. The van der Waals surface area contributed by atoms with Crippen LogP contribution in [0.25, 0.3) is 0 Å². The van der Waals surface area contributed by atoms with E-state index >= 15 is 0 Å². The molecule has 2 heterocycles. The first-order valence-corrected chi connectivity index (χ1v) is 7.93. The van der Waals surface area contributed by atoms with Gasteiger partial charge in [0.05, 0.1) is 6.54 Å². The fourth-order valence-electron chi connectivity index (χ4n) is 1.88. The summed E-state index contributed by atoms with van der Waals surface area (Å²) in [6, 6.07) is 6.21. The van der Waals surface area contributed by atoms with Crippen LogP contribution in [0, 0.1) is 6.92 Å². The zero-order valence-electron chi connectivity index (χ0n) is 12.8. The molecule has 0 aliphatic rings. The Morgan fingerprint density at radius 2 is 1.95 bits per heavy atom. The van der Waals surface area contributed by atoms with Crippen molar-refractivity contribution in [3.8, 4) is 0 Å². The number of nitrogens with one attached hydrogen (secondary N) is 2. The molecule has 5 nitrogen and oxygen atoms in total. The van der Waals surface area contributed by atoms with E-state index in [2.05, 4.69) is 46.6 Å². The van der Waals surface area contributed by atoms with Gasteiger partial charge in [0.2, 0.25) is 0 Å². The monoisotopic (exact) mass is 306 g/mol. The van der Waals surface area contributed by atoms with Crippen LogP contribution in [0.1, 0.15) is 28.9 Å². The minimum atomic E-state index is 0.411. The van der Waals surface area contributed by atoms with Crippen LogP contribution in [0.5, 0.6) is 0 Å². The largest absolute Gasteiger partial charge is 0.377 e. The van der Waals surface area contributed by atoms with Gasteiger partial charge >= 0.3 is 0 Å². The normalized spacial score (nSPS) is 10.6. The van der Waals surface area contributed by atoms with Crippen molar-refractivity contribution in [2.45, 2.75) is 33.4 Å². The van der Waals surface area contributed by atoms with Crippen molar-refractivity contribution >= 4 is 23.0 Å². The number of aromatic nitrogens is 2. The molecule has 21 heavy (non-hydrogen) atoms. The lowest BCUT2D eigenvalue weighted by atomic mass is 10.4. The number of hydrogen-bond acceptors (Lipinski definition) is 6. The van der Waals surface area contributed by atoms with E-state index in [1.807, 2.05) is 6.07 Å². The lowest BCUT2D eigenvalue weighted by Crippen LogP contribution is -2.09. The quantitative estimate of drug-likeness (QED) is 0.782. The number of aryl methyl sites for hydroxylation is 1. The van der Waals surface area contributed by atoms with E-state index in [1.165, 1.54) is 9.75 Å². The Bertz CT molecular complexity index is 571. The first-order valence-electron chi connectivity index (χ1n) is 7.11. The molecule has 2 rings (SSSR count). The molecule has 2 N–H and O–H groups in total. The molecule has 0 spiro atoms.